The first kappa shape index (κ1) is 22.8. The van der Waals surface area contributed by atoms with Crippen molar-refractivity contribution in [3.05, 3.63) is 0 Å². The molecule has 0 N–H and O–H groups in total. The van der Waals surface area contributed by atoms with E-state index in [1.54, 1.807) is 0 Å². The summed E-state index contributed by atoms with van der Waals surface area (Å²) in [5, 5.41) is 0. The van der Waals surface area contributed by atoms with Gasteiger partial charge >= 0.3 is 35.8 Å². The molecule has 0 aliphatic rings. The standard InChI is InChI=1S/C9H6F13I/c1-3(23)2-4(10,11)5(12,13)6(14,15)7(16,17)8(18,19)9(20,21)22/h3H,2H2,1H3. The maximum Gasteiger partial charge on any atom is 0.460 e. The molecule has 23 heavy (non-hydrogen) atoms. The van der Waals surface area contributed by atoms with E-state index in [4.69, 9.17) is 0 Å². The summed E-state index contributed by atoms with van der Waals surface area (Å²) in [7, 11) is 0. The normalized spacial score (nSPS) is 17.3. The van der Waals surface area contributed by atoms with Gasteiger partial charge in [0.1, 0.15) is 0 Å². The number of halogens is 14. The van der Waals surface area contributed by atoms with E-state index in [2.05, 4.69) is 0 Å². The van der Waals surface area contributed by atoms with Crippen LogP contribution in [-0.2, 0) is 0 Å². The lowest BCUT2D eigenvalue weighted by Gasteiger charge is -2.40. The van der Waals surface area contributed by atoms with E-state index < -0.39 is 46.1 Å². The molecule has 0 aromatic carbocycles. The third kappa shape index (κ3) is 3.45. The molecule has 0 heterocycles. The summed E-state index contributed by atoms with van der Waals surface area (Å²) in [4.78, 5) is 0. The quantitative estimate of drug-likeness (QED) is 0.247. The molecule has 0 saturated heterocycles. The lowest BCUT2D eigenvalue weighted by Crippen LogP contribution is -2.70. The first-order valence-electron chi connectivity index (χ1n) is 5.26. The Morgan fingerprint density at radius 3 is 1.17 bits per heavy atom. The number of hydrogen-bond donors (Lipinski definition) is 0. The van der Waals surface area contributed by atoms with E-state index in [-0.39, 0.29) is 0 Å². The van der Waals surface area contributed by atoms with E-state index in [0.29, 0.717) is 0 Å². The number of hydrogen-bond acceptors (Lipinski definition) is 0. The van der Waals surface area contributed by atoms with E-state index in [1.165, 1.54) is 0 Å². The minimum atomic E-state index is -7.82. The van der Waals surface area contributed by atoms with Gasteiger partial charge in [0.05, 0.1) is 0 Å². The molecular weight excluding hydrogens is 482 g/mol. The molecule has 0 nitrogen and oxygen atoms in total. The topological polar surface area (TPSA) is 0 Å². The summed E-state index contributed by atoms with van der Waals surface area (Å²) in [6.07, 6.45) is -9.54. The second kappa shape index (κ2) is 5.97. The van der Waals surface area contributed by atoms with Crippen LogP contribution in [0.1, 0.15) is 13.3 Å². The number of alkyl halides is 14. The maximum absolute atomic E-state index is 13.1. The summed E-state index contributed by atoms with van der Waals surface area (Å²) in [6, 6.07) is 0. The Morgan fingerprint density at radius 2 is 0.913 bits per heavy atom. The maximum atomic E-state index is 13.1. The fraction of sp³-hybridized carbons (Fsp3) is 1.00. The largest absolute Gasteiger partial charge is 0.460 e. The molecule has 0 aromatic heterocycles. The zero-order chi connectivity index (χ0) is 19.3. The van der Waals surface area contributed by atoms with Crippen LogP contribution in [0.15, 0.2) is 0 Å². The van der Waals surface area contributed by atoms with Gasteiger partial charge in [0, 0.05) is 10.3 Å². The van der Waals surface area contributed by atoms with Crippen LogP contribution in [0.3, 0.4) is 0 Å². The first-order chi connectivity index (χ1) is 9.67. The molecule has 0 fully saturated rings. The van der Waals surface area contributed by atoms with Crippen molar-refractivity contribution in [2.75, 3.05) is 0 Å². The summed E-state index contributed by atoms with van der Waals surface area (Å²) in [5.41, 5.74) is 0. The first-order valence-corrected chi connectivity index (χ1v) is 6.51. The Balaban J connectivity index is 6.14. The van der Waals surface area contributed by atoms with Gasteiger partial charge in [-0.15, -0.1) is 0 Å². The molecule has 0 radical (unpaired) electrons. The average molecular weight is 488 g/mol. The van der Waals surface area contributed by atoms with Crippen LogP contribution in [-0.4, -0.2) is 39.7 Å². The minimum Gasteiger partial charge on any atom is -0.200 e. The van der Waals surface area contributed by atoms with Crippen molar-refractivity contribution in [2.45, 2.75) is 53.1 Å². The molecule has 0 aromatic rings. The molecule has 1 atom stereocenters. The van der Waals surface area contributed by atoms with Gasteiger partial charge in [-0.1, -0.05) is 29.5 Å². The summed E-state index contributed by atoms with van der Waals surface area (Å²) < 4.78 is 163. The zero-order valence-corrected chi connectivity index (χ0v) is 12.7. The molecule has 0 spiro atoms. The lowest BCUT2D eigenvalue weighted by molar-refractivity contribution is -0.440. The van der Waals surface area contributed by atoms with Crippen molar-refractivity contribution >= 4 is 22.6 Å². The zero-order valence-electron chi connectivity index (χ0n) is 10.6. The van der Waals surface area contributed by atoms with E-state index >= 15 is 0 Å². The highest BCUT2D eigenvalue weighted by atomic mass is 127. The van der Waals surface area contributed by atoms with Gasteiger partial charge in [-0.3, -0.25) is 0 Å². The van der Waals surface area contributed by atoms with Crippen LogP contribution in [0.2, 0.25) is 0 Å². The molecule has 1 unspecified atom stereocenters. The minimum absolute atomic E-state index is 0.769. The van der Waals surface area contributed by atoms with Crippen molar-refractivity contribution in [3.8, 4) is 0 Å². The Bertz CT molecular complexity index is 422. The predicted octanol–water partition coefficient (Wildman–Crippen LogP) is 5.94. The van der Waals surface area contributed by atoms with Crippen LogP contribution in [0, 0.1) is 0 Å². The predicted molar refractivity (Wildman–Crippen MR) is 58.9 cm³/mol. The van der Waals surface area contributed by atoms with Crippen LogP contribution < -0.4 is 0 Å². The van der Waals surface area contributed by atoms with Crippen molar-refractivity contribution in [1.82, 2.24) is 0 Å². The van der Waals surface area contributed by atoms with Crippen LogP contribution >= 0.6 is 22.6 Å². The molecular formula is C9H6F13I. The van der Waals surface area contributed by atoms with Gasteiger partial charge in [-0.2, -0.15) is 57.1 Å². The highest BCUT2D eigenvalue weighted by Gasteiger charge is 2.90. The Morgan fingerprint density at radius 1 is 0.609 bits per heavy atom. The second-order valence-corrected chi connectivity index (χ2v) is 6.61. The van der Waals surface area contributed by atoms with Gasteiger partial charge in [0.2, 0.25) is 0 Å². The molecule has 0 aliphatic carbocycles. The highest BCUT2D eigenvalue weighted by Crippen LogP contribution is 2.60. The molecule has 0 aliphatic heterocycles. The lowest BCUT2D eigenvalue weighted by atomic mass is 9.92. The molecule has 14 heteroatoms. The van der Waals surface area contributed by atoms with Gasteiger partial charge < -0.3 is 0 Å². The van der Waals surface area contributed by atoms with Gasteiger partial charge in [-0.05, 0) is 0 Å². The third-order valence-electron chi connectivity index (χ3n) is 2.54. The molecule has 140 valence electrons. The summed E-state index contributed by atoms with van der Waals surface area (Å²) in [5.74, 6) is -36.3. The van der Waals surface area contributed by atoms with Gasteiger partial charge in [0.25, 0.3) is 0 Å². The SMILES string of the molecule is CC(I)CC(F)(F)C(F)(F)C(F)(F)C(F)(F)C(F)(F)C(F)(F)F. The van der Waals surface area contributed by atoms with Gasteiger partial charge in [-0.25, -0.2) is 0 Å². The summed E-state index contributed by atoms with van der Waals surface area (Å²) >= 11 is 1.01. The average Bonchev–Trinajstić information content (AvgIpc) is 2.24. The Hall–Kier alpha value is -0.180. The van der Waals surface area contributed by atoms with Crippen molar-refractivity contribution < 1.29 is 57.1 Å². The third-order valence-corrected chi connectivity index (χ3v) is 2.98. The van der Waals surface area contributed by atoms with Crippen molar-refractivity contribution in [1.29, 1.82) is 0 Å². The highest BCUT2D eigenvalue weighted by molar-refractivity contribution is 14.1. The van der Waals surface area contributed by atoms with Crippen molar-refractivity contribution in [3.63, 3.8) is 0 Å². The van der Waals surface area contributed by atoms with Crippen LogP contribution in [0.4, 0.5) is 57.1 Å². The molecule has 0 rings (SSSR count). The monoisotopic (exact) mass is 488 g/mol. The van der Waals surface area contributed by atoms with Crippen molar-refractivity contribution in [2.24, 2.45) is 0 Å². The van der Waals surface area contributed by atoms with E-state index in [9.17, 15) is 57.1 Å². The number of rotatable bonds is 6. The fourth-order valence-corrected chi connectivity index (χ4v) is 1.84. The smallest absolute Gasteiger partial charge is 0.200 e. The van der Waals surface area contributed by atoms with E-state index in [0.717, 1.165) is 29.5 Å². The fourth-order valence-electron chi connectivity index (χ4n) is 1.28. The Kier molecular flexibility index (Phi) is 5.92. The second-order valence-electron chi connectivity index (χ2n) is 4.48. The van der Waals surface area contributed by atoms with Crippen LogP contribution in [0.5, 0.6) is 0 Å². The van der Waals surface area contributed by atoms with Gasteiger partial charge in [0.15, 0.2) is 0 Å². The molecule has 0 amide bonds. The molecule has 0 saturated carbocycles. The van der Waals surface area contributed by atoms with E-state index in [1.807, 2.05) is 0 Å². The molecule has 0 bridgehead atoms. The van der Waals surface area contributed by atoms with Crippen LogP contribution in [0.25, 0.3) is 0 Å². The Labute approximate surface area is 133 Å². The summed E-state index contributed by atoms with van der Waals surface area (Å²) in [6.45, 7) is 0.769.